The lowest BCUT2D eigenvalue weighted by Gasteiger charge is -2.35. The number of thiophene rings is 1. The highest BCUT2D eigenvalue weighted by Crippen LogP contribution is 2.48. The number of nitrogens with two attached hydrogens (primary N) is 1. The first kappa shape index (κ1) is 25.7. The molecule has 1 aliphatic heterocycles. The Morgan fingerprint density at radius 3 is 2.70 bits per heavy atom. The Balaban J connectivity index is 1.70. The fraction of sp³-hybridized carbons (Fsp3) is 0.240. The van der Waals surface area contributed by atoms with Crippen molar-refractivity contribution >= 4 is 43.1 Å². The Bertz CT molecular complexity index is 1880. The number of methoxy groups -OCH3 is 1. The number of nitrogens with zero attached hydrogens (tertiary/aromatic N) is 7. The van der Waals surface area contributed by atoms with Crippen LogP contribution in [0, 0.1) is 23.0 Å². The highest BCUT2D eigenvalue weighted by Gasteiger charge is 2.39. The van der Waals surface area contributed by atoms with Crippen molar-refractivity contribution in [2.24, 2.45) is 0 Å². The van der Waals surface area contributed by atoms with Gasteiger partial charge in [-0.25, -0.2) is 13.5 Å². The molecule has 0 amide bonds. The molecular weight excluding hydrogens is 555 g/mol. The van der Waals surface area contributed by atoms with Crippen LogP contribution in [0.3, 0.4) is 0 Å². The van der Waals surface area contributed by atoms with Gasteiger partial charge in [0.1, 0.15) is 28.2 Å². The maximum absolute atomic E-state index is 16.5. The van der Waals surface area contributed by atoms with E-state index in [2.05, 4.69) is 20.3 Å². The molecule has 40 heavy (non-hydrogen) atoms. The number of hydrogen-bond donors (Lipinski definition) is 1. The van der Waals surface area contributed by atoms with Crippen LogP contribution >= 0.6 is 11.3 Å². The molecule has 15 heteroatoms. The van der Waals surface area contributed by atoms with Gasteiger partial charge in [-0.2, -0.15) is 28.4 Å². The summed E-state index contributed by atoms with van der Waals surface area (Å²) in [5.41, 5.74) is 3.31. The van der Waals surface area contributed by atoms with Crippen molar-refractivity contribution in [1.82, 2.24) is 25.0 Å². The van der Waals surface area contributed by atoms with Crippen molar-refractivity contribution in [3.63, 3.8) is 0 Å². The molecular formula is C25H17F5N8OS. The van der Waals surface area contributed by atoms with Crippen molar-refractivity contribution in [2.75, 3.05) is 17.7 Å². The predicted molar refractivity (Wildman–Crippen MR) is 137 cm³/mol. The molecule has 0 aliphatic carbocycles. The first-order chi connectivity index (χ1) is 19.0. The normalized spacial score (nSPS) is 15.4. The molecule has 0 saturated heterocycles. The molecule has 9 nitrogen and oxygen atoms in total. The van der Waals surface area contributed by atoms with Gasteiger partial charge in [0.15, 0.2) is 5.82 Å². The topological polar surface area (TPSA) is 119 Å². The summed E-state index contributed by atoms with van der Waals surface area (Å²) in [4.78, 5) is 10.1. The lowest BCUT2D eigenvalue weighted by molar-refractivity contribution is -0.137. The summed E-state index contributed by atoms with van der Waals surface area (Å²) in [6, 6.07) is 3.92. The number of ether oxygens (including phenoxy) is 1. The van der Waals surface area contributed by atoms with Crippen LogP contribution in [-0.4, -0.2) is 38.1 Å². The Hall–Kier alpha value is -4.58. The highest BCUT2D eigenvalue weighted by atomic mass is 32.1. The van der Waals surface area contributed by atoms with Crippen molar-refractivity contribution in [1.29, 1.82) is 5.26 Å². The van der Waals surface area contributed by atoms with E-state index in [1.807, 2.05) is 6.92 Å². The molecule has 2 aromatic carbocycles. The summed E-state index contributed by atoms with van der Waals surface area (Å²) in [6.07, 6.45) is -3.52. The number of anilines is 2. The standard InChI is InChI=1S/C25H17F5N8OS/c1-10-8-38-11(7-33-36-38)9-37(10)23-13-5-15(25(28,29)30)18(19(27)20(13)34-24(35-23)39-2)12-3-4-16(26)21-17(12)14(6-31)22(32)40-21/h3-5,7,10H,8-9,32H2,1-2H3. The van der Waals surface area contributed by atoms with E-state index in [0.717, 1.165) is 18.2 Å². The van der Waals surface area contributed by atoms with Crippen LogP contribution in [0.25, 0.3) is 32.1 Å². The summed E-state index contributed by atoms with van der Waals surface area (Å²) in [6.45, 7) is 2.37. The molecule has 0 saturated carbocycles. The molecule has 3 aromatic heterocycles. The number of nitrogen functional groups attached to an aromatic ring is 1. The van der Waals surface area contributed by atoms with Gasteiger partial charge in [-0.15, -0.1) is 16.4 Å². The van der Waals surface area contributed by atoms with Gasteiger partial charge < -0.3 is 15.4 Å². The Morgan fingerprint density at radius 1 is 1.23 bits per heavy atom. The summed E-state index contributed by atoms with van der Waals surface area (Å²) < 4.78 is 81.7. The second kappa shape index (κ2) is 8.98. The van der Waals surface area contributed by atoms with E-state index in [1.54, 1.807) is 15.7 Å². The predicted octanol–water partition coefficient (Wildman–Crippen LogP) is 5.27. The second-order valence-corrected chi connectivity index (χ2v) is 10.2. The van der Waals surface area contributed by atoms with Crippen LogP contribution in [-0.2, 0) is 19.3 Å². The minimum Gasteiger partial charge on any atom is -0.467 e. The summed E-state index contributed by atoms with van der Waals surface area (Å²) in [5.74, 6) is -2.10. The number of aromatic nitrogens is 5. The Morgan fingerprint density at radius 2 is 2.00 bits per heavy atom. The van der Waals surface area contributed by atoms with Gasteiger partial charge in [0.2, 0.25) is 0 Å². The van der Waals surface area contributed by atoms with Gasteiger partial charge in [0.05, 0.1) is 47.9 Å². The van der Waals surface area contributed by atoms with Crippen LogP contribution in [0.4, 0.5) is 32.8 Å². The molecule has 6 rings (SSSR count). The van der Waals surface area contributed by atoms with Gasteiger partial charge in [0.25, 0.3) is 0 Å². The smallest absolute Gasteiger partial charge is 0.417 e. The first-order valence-electron chi connectivity index (χ1n) is 11.7. The monoisotopic (exact) mass is 572 g/mol. The summed E-state index contributed by atoms with van der Waals surface area (Å²) in [7, 11) is 1.25. The number of benzene rings is 2. The number of rotatable bonds is 3. The average molecular weight is 573 g/mol. The van der Waals surface area contributed by atoms with E-state index in [4.69, 9.17) is 10.5 Å². The van der Waals surface area contributed by atoms with E-state index < -0.39 is 34.5 Å². The SMILES string of the molecule is COc1nc(N2Cc3cnnn3CC2C)c2cc(C(F)(F)F)c(-c3ccc(F)c4sc(N)c(C#N)c34)c(F)c2n1. The number of alkyl halides is 3. The molecule has 1 atom stereocenters. The fourth-order valence-corrected chi connectivity index (χ4v) is 5.96. The van der Waals surface area contributed by atoms with E-state index in [1.165, 1.54) is 13.3 Å². The van der Waals surface area contributed by atoms with Gasteiger partial charge in [-0.1, -0.05) is 11.3 Å². The van der Waals surface area contributed by atoms with Crippen molar-refractivity contribution in [3.05, 3.63) is 52.9 Å². The Kier molecular flexibility index (Phi) is 5.77. The quantitative estimate of drug-likeness (QED) is 0.291. The second-order valence-electron chi connectivity index (χ2n) is 9.18. The number of fused-ring (bicyclic) bond motifs is 3. The van der Waals surface area contributed by atoms with Gasteiger partial charge in [-0.3, -0.25) is 0 Å². The van der Waals surface area contributed by atoms with Gasteiger partial charge in [-0.05, 0) is 24.6 Å². The molecule has 0 fully saturated rings. The fourth-order valence-electron chi connectivity index (χ4n) is 5.01. The molecule has 1 unspecified atom stereocenters. The number of hydrogen-bond acceptors (Lipinski definition) is 9. The zero-order chi connectivity index (χ0) is 28.5. The summed E-state index contributed by atoms with van der Waals surface area (Å²) >= 11 is 0.696. The Labute approximate surface area is 226 Å². The molecule has 0 bridgehead atoms. The third-order valence-electron chi connectivity index (χ3n) is 6.85. The van der Waals surface area contributed by atoms with Crippen molar-refractivity contribution in [3.8, 4) is 23.2 Å². The van der Waals surface area contributed by atoms with Gasteiger partial charge in [0, 0.05) is 22.4 Å². The maximum Gasteiger partial charge on any atom is 0.417 e. The molecule has 4 heterocycles. The molecule has 0 radical (unpaired) electrons. The zero-order valence-corrected chi connectivity index (χ0v) is 21.5. The van der Waals surface area contributed by atoms with Crippen LogP contribution in [0.5, 0.6) is 6.01 Å². The van der Waals surface area contributed by atoms with Crippen LogP contribution in [0.15, 0.2) is 24.4 Å². The molecule has 204 valence electrons. The van der Waals surface area contributed by atoms with E-state index in [9.17, 15) is 22.8 Å². The first-order valence-corrected chi connectivity index (χ1v) is 12.6. The molecule has 2 N–H and O–H groups in total. The largest absolute Gasteiger partial charge is 0.467 e. The highest BCUT2D eigenvalue weighted by molar-refractivity contribution is 7.23. The third-order valence-corrected chi connectivity index (χ3v) is 7.88. The van der Waals surface area contributed by atoms with E-state index in [0.29, 0.717) is 23.6 Å². The lowest BCUT2D eigenvalue weighted by Crippen LogP contribution is -2.42. The van der Waals surface area contributed by atoms with Gasteiger partial charge >= 0.3 is 12.2 Å². The molecule has 1 aliphatic rings. The average Bonchev–Trinajstić information content (AvgIpc) is 3.51. The zero-order valence-electron chi connectivity index (χ0n) is 20.7. The number of nitriles is 1. The maximum atomic E-state index is 16.5. The van der Waals surface area contributed by atoms with Crippen LogP contribution in [0.1, 0.15) is 23.7 Å². The van der Waals surface area contributed by atoms with Crippen molar-refractivity contribution in [2.45, 2.75) is 32.2 Å². The lowest BCUT2D eigenvalue weighted by atomic mass is 9.92. The minimum absolute atomic E-state index is 0.0273. The van der Waals surface area contributed by atoms with E-state index in [-0.39, 0.29) is 56.0 Å². The third kappa shape index (κ3) is 3.78. The minimum atomic E-state index is -5.05. The van der Waals surface area contributed by atoms with Crippen LogP contribution in [0.2, 0.25) is 0 Å². The van der Waals surface area contributed by atoms with E-state index >= 15 is 4.39 Å². The molecule has 0 spiro atoms. The number of halogens is 5. The van der Waals surface area contributed by atoms with Crippen molar-refractivity contribution < 1.29 is 26.7 Å². The van der Waals surface area contributed by atoms with Crippen LogP contribution < -0.4 is 15.4 Å². The molecule has 5 aromatic rings. The summed E-state index contributed by atoms with van der Waals surface area (Å²) in [5, 5.41) is 17.0.